The fraction of sp³-hybridized carbons (Fsp3) is 0.538. The number of ether oxygens (including phenoxy) is 1. The highest BCUT2D eigenvalue weighted by molar-refractivity contribution is 7.98. The van der Waals surface area contributed by atoms with Crippen LogP contribution in [0.4, 0.5) is 0 Å². The Labute approximate surface area is 103 Å². The second-order valence-corrected chi connectivity index (χ2v) is 4.65. The summed E-state index contributed by atoms with van der Waals surface area (Å²) in [6.07, 6.45) is 3.19. The molecule has 0 aliphatic heterocycles. The number of benzene rings is 1. The lowest BCUT2D eigenvalue weighted by Gasteiger charge is -2.14. The molecule has 16 heavy (non-hydrogen) atoms. The molecule has 0 spiro atoms. The van der Waals surface area contributed by atoms with Gasteiger partial charge in [0.2, 0.25) is 0 Å². The second kappa shape index (κ2) is 7.58. The van der Waals surface area contributed by atoms with E-state index in [4.69, 9.17) is 4.74 Å². The van der Waals surface area contributed by atoms with E-state index >= 15 is 0 Å². The number of nitrogens with one attached hydrogen (secondary N) is 1. The van der Waals surface area contributed by atoms with Crippen molar-refractivity contribution in [3.05, 3.63) is 29.8 Å². The molecule has 0 aliphatic rings. The highest BCUT2D eigenvalue weighted by Gasteiger charge is 2.05. The molecule has 1 aromatic carbocycles. The number of hydrogen-bond donors (Lipinski definition) is 1. The summed E-state index contributed by atoms with van der Waals surface area (Å²) in [5.41, 5.74) is 1.32. The van der Waals surface area contributed by atoms with Crippen LogP contribution >= 0.6 is 11.8 Å². The summed E-state index contributed by atoms with van der Waals surface area (Å²) in [6, 6.07) is 8.82. The summed E-state index contributed by atoms with van der Waals surface area (Å²) in [5.74, 6) is 2.00. The quantitative estimate of drug-likeness (QED) is 0.739. The summed E-state index contributed by atoms with van der Waals surface area (Å²) < 4.78 is 5.61. The van der Waals surface area contributed by atoms with Crippen LogP contribution in [0.2, 0.25) is 0 Å². The van der Waals surface area contributed by atoms with Crippen molar-refractivity contribution in [2.75, 3.05) is 25.7 Å². The third-order valence-electron chi connectivity index (χ3n) is 2.60. The van der Waals surface area contributed by atoms with Crippen LogP contribution < -0.4 is 10.1 Å². The van der Waals surface area contributed by atoms with Crippen LogP contribution in [-0.4, -0.2) is 25.7 Å². The summed E-state index contributed by atoms with van der Waals surface area (Å²) in [7, 11) is 2.00. The SMILES string of the molecule is CCC(NC)c1ccc(OCCSC)cc1. The Morgan fingerprint density at radius 1 is 1.31 bits per heavy atom. The first-order valence-corrected chi connectivity index (χ1v) is 7.10. The standard InChI is InChI=1S/C13H21NOS/c1-4-13(14-2)11-5-7-12(8-6-11)15-9-10-16-3/h5-8,13-14H,4,9-10H2,1-3H3. The van der Waals surface area contributed by atoms with E-state index in [1.54, 1.807) is 11.8 Å². The lowest BCUT2D eigenvalue weighted by molar-refractivity contribution is 0.344. The van der Waals surface area contributed by atoms with E-state index in [2.05, 4.69) is 42.8 Å². The summed E-state index contributed by atoms with van der Waals surface area (Å²) in [5, 5.41) is 3.30. The molecule has 0 saturated carbocycles. The van der Waals surface area contributed by atoms with Crippen LogP contribution in [-0.2, 0) is 0 Å². The van der Waals surface area contributed by atoms with Gasteiger partial charge in [-0.1, -0.05) is 19.1 Å². The van der Waals surface area contributed by atoms with Crippen LogP contribution in [0.25, 0.3) is 0 Å². The molecule has 0 radical (unpaired) electrons. The molecule has 0 amide bonds. The van der Waals surface area contributed by atoms with Crippen LogP contribution in [0.1, 0.15) is 24.9 Å². The van der Waals surface area contributed by atoms with Crippen LogP contribution in [0.3, 0.4) is 0 Å². The Bertz CT molecular complexity index is 282. The molecule has 1 atom stereocenters. The van der Waals surface area contributed by atoms with E-state index in [0.29, 0.717) is 6.04 Å². The highest BCUT2D eigenvalue weighted by atomic mass is 32.2. The second-order valence-electron chi connectivity index (χ2n) is 3.66. The maximum Gasteiger partial charge on any atom is 0.119 e. The zero-order chi connectivity index (χ0) is 11.8. The van der Waals surface area contributed by atoms with Gasteiger partial charge in [-0.15, -0.1) is 0 Å². The lowest BCUT2D eigenvalue weighted by Crippen LogP contribution is -2.14. The van der Waals surface area contributed by atoms with E-state index in [1.807, 2.05) is 7.05 Å². The Morgan fingerprint density at radius 2 is 2.00 bits per heavy atom. The minimum Gasteiger partial charge on any atom is -0.493 e. The molecule has 1 rings (SSSR count). The molecular formula is C13H21NOS. The van der Waals surface area contributed by atoms with Crippen LogP contribution in [0.15, 0.2) is 24.3 Å². The number of rotatable bonds is 7. The smallest absolute Gasteiger partial charge is 0.119 e. The van der Waals surface area contributed by atoms with Gasteiger partial charge in [0.15, 0.2) is 0 Å². The summed E-state index contributed by atoms with van der Waals surface area (Å²) in [4.78, 5) is 0. The molecule has 1 unspecified atom stereocenters. The molecule has 90 valence electrons. The zero-order valence-corrected chi connectivity index (χ0v) is 11.1. The largest absolute Gasteiger partial charge is 0.493 e. The Balaban J connectivity index is 2.53. The zero-order valence-electron chi connectivity index (χ0n) is 10.3. The van der Waals surface area contributed by atoms with Crippen LogP contribution in [0.5, 0.6) is 5.75 Å². The third-order valence-corrected chi connectivity index (χ3v) is 3.17. The van der Waals surface area contributed by atoms with Gasteiger partial charge >= 0.3 is 0 Å². The molecule has 0 aliphatic carbocycles. The molecule has 3 heteroatoms. The van der Waals surface area contributed by atoms with E-state index in [9.17, 15) is 0 Å². The molecule has 0 aromatic heterocycles. The molecule has 0 fully saturated rings. The first-order valence-electron chi connectivity index (χ1n) is 5.70. The molecule has 0 bridgehead atoms. The average Bonchev–Trinajstić information content (AvgIpc) is 2.33. The van der Waals surface area contributed by atoms with Crippen molar-refractivity contribution >= 4 is 11.8 Å². The Hall–Kier alpha value is -0.670. The minimum atomic E-state index is 0.445. The first-order chi connectivity index (χ1) is 7.81. The van der Waals surface area contributed by atoms with Crippen molar-refractivity contribution in [1.82, 2.24) is 5.32 Å². The van der Waals surface area contributed by atoms with Crippen molar-refractivity contribution < 1.29 is 4.74 Å². The van der Waals surface area contributed by atoms with Gasteiger partial charge in [0.05, 0.1) is 6.61 Å². The van der Waals surface area contributed by atoms with E-state index in [1.165, 1.54) is 5.56 Å². The predicted molar refractivity (Wildman–Crippen MR) is 72.4 cm³/mol. The summed E-state index contributed by atoms with van der Waals surface area (Å²) in [6.45, 7) is 2.97. The summed E-state index contributed by atoms with van der Waals surface area (Å²) >= 11 is 1.80. The number of hydrogen-bond acceptors (Lipinski definition) is 3. The average molecular weight is 239 g/mol. The topological polar surface area (TPSA) is 21.3 Å². The molecule has 1 aromatic rings. The Morgan fingerprint density at radius 3 is 2.50 bits per heavy atom. The molecule has 0 heterocycles. The van der Waals surface area contributed by atoms with Gasteiger partial charge in [-0.25, -0.2) is 0 Å². The highest BCUT2D eigenvalue weighted by Crippen LogP contribution is 2.19. The number of thioether (sulfide) groups is 1. The van der Waals surface area contributed by atoms with Crippen molar-refractivity contribution in [3.63, 3.8) is 0 Å². The van der Waals surface area contributed by atoms with Crippen LogP contribution in [0, 0.1) is 0 Å². The van der Waals surface area contributed by atoms with Gasteiger partial charge in [-0.05, 0) is 37.4 Å². The maximum atomic E-state index is 5.61. The fourth-order valence-electron chi connectivity index (χ4n) is 1.65. The van der Waals surface area contributed by atoms with Gasteiger partial charge in [-0.2, -0.15) is 11.8 Å². The van der Waals surface area contributed by atoms with Crippen molar-refractivity contribution in [2.45, 2.75) is 19.4 Å². The van der Waals surface area contributed by atoms with Gasteiger partial charge < -0.3 is 10.1 Å². The van der Waals surface area contributed by atoms with Gasteiger partial charge in [-0.3, -0.25) is 0 Å². The maximum absolute atomic E-state index is 5.61. The molecule has 0 saturated heterocycles. The van der Waals surface area contributed by atoms with Crippen molar-refractivity contribution in [3.8, 4) is 5.75 Å². The van der Waals surface area contributed by atoms with Gasteiger partial charge in [0, 0.05) is 11.8 Å². The monoisotopic (exact) mass is 239 g/mol. The molecule has 2 nitrogen and oxygen atoms in total. The molecular weight excluding hydrogens is 218 g/mol. The fourth-order valence-corrected chi connectivity index (χ4v) is 1.90. The first kappa shape index (κ1) is 13.4. The van der Waals surface area contributed by atoms with E-state index in [0.717, 1.165) is 24.5 Å². The lowest BCUT2D eigenvalue weighted by atomic mass is 10.1. The normalized spacial score (nSPS) is 12.4. The minimum absolute atomic E-state index is 0.445. The van der Waals surface area contributed by atoms with E-state index in [-0.39, 0.29) is 0 Å². The van der Waals surface area contributed by atoms with Gasteiger partial charge in [0.25, 0.3) is 0 Å². The van der Waals surface area contributed by atoms with Crippen molar-refractivity contribution in [2.24, 2.45) is 0 Å². The predicted octanol–water partition coefficient (Wildman–Crippen LogP) is 3.10. The van der Waals surface area contributed by atoms with Crippen molar-refractivity contribution in [1.29, 1.82) is 0 Å². The molecule has 1 N–H and O–H groups in total. The van der Waals surface area contributed by atoms with E-state index < -0.39 is 0 Å². The van der Waals surface area contributed by atoms with Gasteiger partial charge in [0.1, 0.15) is 5.75 Å². The third kappa shape index (κ3) is 4.06. The Kier molecular flexibility index (Phi) is 6.34.